The molecule has 3 aromatic carbocycles. The summed E-state index contributed by atoms with van der Waals surface area (Å²) in [7, 11) is -4.36. The summed E-state index contributed by atoms with van der Waals surface area (Å²) in [5.74, 6) is 0.584. The molecule has 0 radical (unpaired) electrons. The fourth-order valence-corrected chi connectivity index (χ4v) is 5.55. The van der Waals surface area contributed by atoms with Crippen LogP contribution in [0.25, 0.3) is 0 Å². The van der Waals surface area contributed by atoms with Crippen LogP contribution in [0, 0.1) is 0 Å². The van der Waals surface area contributed by atoms with Crippen molar-refractivity contribution in [2.45, 2.75) is 30.5 Å². The molecule has 0 amide bonds. The van der Waals surface area contributed by atoms with Crippen LogP contribution in [-0.2, 0) is 22.7 Å². The topological polar surface area (TPSA) is 70.1 Å². The lowest BCUT2D eigenvalue weighted by molar-refractivity contribution is -0.137. The van der Waals surface area contributed by atoms with Crippen LogP contribution < -0.4 is 9.04 Å². The van der Waals surface area contributed by atoms with E-state index in [9.17, 15) is 26.7 Å². The summed E-state index contributed by atoms with van der Waals surface area (Å²) in [4.78, 5) is 1.84. The van der Waals surface area contributed by atoms with E-state index in [2.05, 4.69) is 4.90 Å². The summed E-state index contributed by atoms with van der Waals surface area (Å²) in [5, 5.41) is 9.57. The molecule has 1 aliphatic heterocycles. The van der Waals surface area contributed by atoms with Crippen LogP contribution in [0.5, 0.6) is 11.5 Å². The van der Waals surface area contributed by atoms with Gasteiger partial charge in [0.25, 0.3) is 10.0 Å². The second-order valence-corrected chi connectivity index (χ2v) is 10.5. The summed E-state index contributed by atoms with van der Waals surface area (Å²) in [6, 6.07) is 16.1. The Bertz CT molecular complexity index is 1260. The summed E-state index contributed by atoms with van der Waals surface area (Å²) >= 11 is 0. The van der Waals surface area contributed by atoms with E-state index in [0.29, 0.717) is 24.0 Å². The number of phenolic OH excluding ortho intramolecular Hbond substituents is 1. The van der Waals surface area contributed by atoms with Gasteiger partial charge in [-0.15, -0.1) is 0 Å². The zero-order valence-corrected chi connectivity index (χ0v) is 20.3. The van der Waals surface area contributed by atoms with Gasteiger partial charge in [0.1, 0.15) is 18.1 Å². The highest BCUT2D eigenvalue weighted by Crippen LogP contribution is 2.33. The molecule has 36 heavy (non-hydrogen) atoms. The van der Waals surface area contributed by atoms with Gasteiger partial charge in [-0.2, -0.15) is 13.2 Å². The van der Waals surface area contributed by atoms with Crippen LogP contribution in [0.15, 0.2) is 77.7 Å². The average molecular weight is 521 g/mol. The molecule has 4 rings (SSSR count). The average Bonchev–Trinajstić information content (AvgIpc) is 3.37. The summed E-state index contributed by atoms with van der Waals surface area (Å²) in [6.45, 7) is 3.27. The van der Waals surface area contributed by atoms with E-state index < -0.39 is 26.7 Å². The molecule has 192 valence electrons. The van der Waals surface area contributed by atoms with Gasteiger partial charge in [0.05, 0.1) is 22.7 Å². The SMILES string of the molecule is O=S(=O)(c1cccc(C(F)(F)F)c1)N(Cc1ccc(O)cc1)c1ccc(OCCN2CCCC2)cc1. The van der Waals surface area contributed by atoms with Gasteiger partial charge in [-0.1, -0.05) is 18.2 Å². The Labute approximate surface area is 208 Å². The third kappa shape index (κ3) is 6.30. The molecule has 0 spiro atoms. The van der Waals surface area contributed by atoms with Crippen molar-refractivity contribution in [3.8, 4) is 11.5 Å². The Morgan fingerprint density at radius 3 is 2.25 bits per heavy atom. The number of benzene rings is 3. The van der Waals surface area contributed by atoms with Crippen LogP contribution >= 0.6 is 0 Å². The first-order valence-corrected chi connectivity index (χ1v) is 13.0. The standard InChI is InChI=1S/C26H27F3N2O4S/c27-26(28,29)21-4-3-5-25(18-21)36(33,34)31(19-20-6-10-23(32)11-7-20)22-8-12-24(13-9-22)35-17-16-30-14-1-2-15-30/h3-13,18,32H,1-2,14-17,19H2. The van der Waals surface area contributed by atoms with E-state index >= 15 is 0 Å². The Morgan fingerprint density at radius 1 is 0.944 bits per heavy atom. The van der Waals surface area contributed by atoms with Gasteiger partial charge < -0.3 is 9.84 Å². The predicted octanol–water partition coefficient (Wildman–Crippen LogP) is 5.28. The smallest absolute Gasteiger partial charge is 0.416 e. The van der Waals surface area contributed by atoms with E-state index in [-0.39, 0.29) is 18.0 Å². The van der Waals surface area contributed by atoms with E-state index in [0.717, 1.165) is 42.1 Å². The monoisotopic (exact) mass is 520 g/mol. The number of likely N-dealkylation sites (tertiary alicyclic amines) is 1. The van der Waals surface area contributed by atoms with Crippen molar-refractivity contribution < 1.29 is 31.4 Å². The van der Waals surface area contributed by atoms with Gasteiger partial charge in [0, 0.05) is 6.54 Å². The molecular formula is C26H27F3N2O4S. The number of phenols is 1. The molecule has 0 unspecified atom stereocenters. The summed E-state index contributed by atoms with van der Waals surface area (Å²) in [5.41, 5.74) is -0.225. The molecule has 1 saturated heterocycles. The van der Waals surface area contributed by atoms with Crippen LogP contribution in [-0.4, -0.2) is 44.7 Å². The molecular weight excluding hydrogens is 493 g/mol. The van der Waals surface area contributed by atoms with Crippen molar-refractivity contribution in [2.24, 2.45) is 0 Å². The molecule has 1 aliphatic rings. The Hall–Kier alpha value is -3.24. The highest BCUT2D eigenvalue weighted by atomic mass is 32.2. The lowest BCUT2D eigenvalue weighted by Crippen LogP contribution is -2.30. The third-order valence-electron chi connectivity index (χ3n) is 6.01. The van der Waals surface area contributed by atoms with Crippen LogP contribution in [0.4, 0.5) is 18.9 Å². The first-order valence-electron chi connectivity index (χ1n) is 11.6. The minimum Gasteiger partial charge on any atom is -0.508 e. The minimum atomic E-state index is -4.68. The number of hydrogen-bond donors (Lipinski definition) is 1. The van der Waals surface area contributed by atoms with Crippen molar-refractivity contribution >= 4 is 15.7 Å². The number of nitrogens with zero attached hydrogens (tertiary/aromatic N) is 2. The Balaban J connectivity index is 1.60. The Kier molecular flexibility index (Phi) is 7.75. The molecule has 0 bridgehead atoms. The minimum absolute atomic E-state index is 0.0152. The highest BCUT2D eigenvalue weighted by molar-refractivity contribution is 7.92. The lowest BCUT2D eigenvalue weighted by atomic mass is 10.2. The summed E-state index contributed by atoms with van der Waals surface area (Å²) < 4.78 is 73.7. The van der Waals surface area contributed by atoms with Gasteiger partial charge in [-0.3, -0.25) is 9.21 Å². The molecule has 1 N–H and O–H groups in total. The van der Waals surface area contributed by atoms with E-state index in [1.165, 1.54) is 25.0 Å². The second kappa shape index (κ2) is 10.8. The normalized spacial score (nSPS) is 14.6. The number of alkyl halides is 3. The van der Waals surface area contributed by atoms with Crippen molar-refractivity contribution in [1.82, 2.24) is 4.90 Å². The maximum atomic E-state index is 13.6. The van der Waals surface area contributed by atoms with Crippen LogP contribution in [0.3, 0.4) is 0 Å². The van der Waals surface area contributed by atoms with Gasteiger partial charge >= 0.3 is 6.18 Å². The van der Waals surface area contributed by atoms with E-state index in [1.54, 1.807) is 36.4 Å². The molecule has 0 saturated carbocycles. The molecule has 0 aromatic heterocycles. The van der Waals surface area contributed by atoms with Gasteiger partial charge in [-0.05, 0) is 86.1 Å². The number of rotatable bonds is 9. The van der Waals surface area contributed by atoms with Gasteiger partial charge in [0.2, 0.25) is 0 Å². The van der Waals surface area contributed by atoms with Crippen molar-refractivity contribution in [2.75, 3.05) is 30.5 Å². The van der Waals surface area contributed by atoms with E-state index in [4.69, 9.17) is 4.74 Å². The lowest BCUT2D eigenvalue weighted by Gasteiger charge is -2.25. The van der Waals surface area contributed by atoms with Crippen molar-refractivity contribution in [1.29, 1.82) is 0 Å². The van der Waals surface area contributed by atoms with Crippen molar-refractivity contribution in [3.05, 3.63) is 83.9 Å². The number of halogens is 3. The second-order valence-electron chi connectivity index (χ2n) is 8.59. The molecule has 1 heterocycles. The Morgan fingerprint density at radius 2 is 1.61 bits per heavy atom. The molecule has 10 heteroatoms. The fraction of sp³-hybridized carbons (Fsp3) is 0.308. The van der Waals surface area contributed by atoms with Gasteiger partial charge in [0.15, 0.2) is 0 Å². The number of ether oxygens (including phenoxy) is 1. The first kappa shape index (κ1) is 25.8. The van der Waals surface area contributed by atoms with Gasteiger partial charge in [-0.25, -0.2) is 8.42 Å². The van der Waals surface area contributed by atoms with Crippen molar-refractivity contribution in [3.63, 3.8) is 0 Å². The molecule has 0 atom stereocenters. The van der Waals surface area contributed by atoms with Crippen LogP contribution in [0.1, 0.15) is 24.0 Å². The first-order chi connectivity index (χ1) is 17.1. The largest absolute Gasteiger partial charge is 0.508 e. The maximum absolute atomic E-state index is 13.6. The number of anilines is 1. The molecule has 1 fully saturated rings. The molecule has 6 nitrogen and oxygen atoms in total. The summed E-state index contributed by atoms with van der Waals surface area (Å²) in [6.07, 6.45) is -2.31. The number of hydrogen-bond acceptors (Lipinski definition) is 5. The quantitative estimate of drug-likeness (QED) is 0.416. The molecule has 0 aliphatic carbocycles. The van der Waals surface area contributed by atoms with E-state index in [1.807, 2.05) is 0 Å². The number of aromatic hydroxyl groups is 1. The number of sulfonamides is 1. The zero-order chi connectivity index (χ0) is 25.8. The molecule has 3 aromatic rings. The maximum Gasteiger partial charge on any atom is 0.416 e. The third-order valence-corrected chi connectivity index (χ3v) is 7.78. The highest BCUT2D eigenvalue weighted by Gasteiger charge is 2.33. The zero-order valence-electron chi connectivity index (χ0n) is 19.5. The fourth-order valence-electron chi connectivity index (χ4n) is 4.05. The van der Waals surface area contributed by atoms with Crippen LogP contribution in [0.2, 0.25) is 0 Å². The predicted molar refractivity (Wildman–Crippen MR) is 131 cm³/mol.